The molecule has 2 aromatic carbocycles. The van der Waals surface area contributed by atoms with Crippen molar-refractivity contribution in [3.8, 4) is 0 Å². The Bertz CT molecular complexity index is 1010. The van der Waals surface area contributed by atoms with Gasteiger partial charge in [-0.05, 0) is 55.2 Å². The van der Waals surface area contributed by atoms with Gasteiger partial charge in [-0.25, -0.2) is 5.01 Å². The molecule has 0 N–H and O–H groups in total. The van der Waals surface area contributed by atoms with Gasteiger partial charge in [0.15, 0.2) is 0 Å². The molecule has 1 fully saturated rings. The average Bonchev–Trinajstić information content (AvgIpc) is 3.18. The van der Waals surface area contributed by atoms with E-state index in [1.54, 1.807) is 12.1 Å². The summed E-state index contributed by atoms with van der Waals surface area (Å²) in [5, 5.41) is 9.56. The monoisotopic (exact) mass is 556 g/mol. The largest absolute Gasteiger partial charge is 0.299 e. The van der Waals surface area contributed by atoms with Crippen LogP contribution in [0.15, 0.2) is 52.0 Å². The lowest BCUT2D eigenvalue weighted by Gasteiger charge is -2.32. The van der Waals surface area contributed by atoms with Gasteiger partial charge < -0.3 is 0 Å². The first kappa shape index (κ1) is 23.8. The van der Waals surface area contributed by atoms with Crippen molar-refractivity contribution in [1.29, 1.82) is 0 Å². The predicted molar refractivity (Wildman–Crippen MR) is 135 cm³/mol. The molecule has 0 unspecified atom stereocenters. The minimum atomic E-state index is -0.282. The highest BCUT2D eigenvalue weighted by Crippen LogP contribution is 2.44. The molecule has 0 spiro atoms. The Morgan fingerprint density at radius 1 is 1.12 bits per heavy atom. The Hall–Kier alpha value is -1.31. The zero-order valence-electron chi connectivity index (χ0n) is 17.6. The topological polar surface area (TPSA) is 39.2 Å². The SMILES string of the molecule is CC[C@@H]1C(C(=O)N(Cl)N2CCCCC2)=NN(c2ccc(Cl)cc2Cl)[C@@H]1c1ccc(Br)cc1. The van der Waals surface area contributed by atoms with E-state index in [1.807, 2.05) is 40.3 Å². The molecule has 2 aliphatic rings. The van der Waals surface area contributed by atoms with E-state index in [-0.39, 0.29) is 17.9 Å². The molecule has 4 rings (SSSR count). The van der Waals surface area contributed by atoms with Gasteiger partial charge in [0.1, 0.15) is 5.71 Å². The van der Waals surface area contributed by atoms with E-state index in [4.69, 9.17) is 40.1 Å². The normalized spacial score (nSPS) is 21.5. The van der Waals surface area contributed by atoms with Crippen LogP contribution < -0.4 is 5.01 Å². The van der Waals surface area contributed by atoms with Crippen LogP contribution in [-0.4, -0.2) is 34.2 Å². The van der Waals surface area contributed by atoms with E-state index >= 15 is 0 Å². The van der Waals surface area contributed by atoms with Crippen molar-refractivity contribution in [2.24, 2.45) is 11.0 Å². The van der Waals surface area contributed by atoms with E-state index in [0.29, 0.717) is 21.4 Å². The fourth-order valence-electron chi connectivity index (χ4n) is 4.37. The van der Waals surface area contributed by atoms with Gasteiger partial charge in [-0.1, -0.05) is 64.6 Å². The molecule has 9 heteroatoms. The Balaban J connectivity index is 1.75. The summed E-state index contributed by atoms with van der Waals surface area (Å²) in [7, 11) is 0. The van der Waals surface area contributed by atoms with Gasteiger partial charge in [0, 0.05) is 40.3 Å². The number of piperidine rings is 1. The minimum absolute atomic E-state index is 0.151. The van der Waals surface area contributed by atoms with Crippen LogP contribution in [0.25, 0.3) is 0 Å². The summed E-state index contributed by atoms with van der Waals surface area (Å²) in [5.41, 5.74) is 2.17. The number of hydrazone groups is 1. The van der Waals surface area contributed by atoms with Gasteiger partial charge in [0.05, 0.1) is 16.8 Å². The van der Waals surface area contributed by atoms with Gasteiger partial charge in [-0.15, -0.1) is 0 Å². The third kappa shape index (κ3) is 4.80. The molecule has 0 saturated carbocycles. The molecule has 5 nitrogen and oxygen atoms in total. The quantitative estimate of drug-likeness (QED) is 0.368. The molecule has 32 heavy (non-hydrogen) atoms. The molecule has 1 saturated heterocycles. The summed E-state index contributed by atoms with van der Waals surface area (Å²) >= 11 is 22.7. The van der Waals surface area contributed by atoms with Gasteiger partial charge in [0.2, 0.25) is 0 Å². The highest BCUT2D eigenvalue weighted by molar-refractivity contribution is 9.10. The molecule has 1 amide bonds. The number of hydrogen-bond donors (Lipinski definition) is 0. The molecular weight excluding hydrogens is 535 g/mol. The summed E-state index contributed by atoms with van der Waals surface area (Å²) < 4.78 is 2.21. The van der Waals surface area contributed by atoms with Crippen LogP contribution in [-0.2, 0) is 4.79 Å². The fourth-order valence-corrected chi connectivity index (χ4v) is 5.37. The minimum Gasteiger partial charge on any atom is -0.265 e. The number of anilines is 1. The summed E-state index contributed by atoms with van der Waals surface area (Å²) in [6.45, 7) is 3.59. The number of amides is 1. The van der Waals surface area contributed by atoms with Crippen molar-refractivity contribution in [3.63, 3.8) is 0 Å². The Morgan fingerprint density at radius 3 is 2.44 bits per heavy atom. The van der Waals surface area contributed by atoms with Gasteiger partial charge in [-0.3, -0.25) is 9.80 Å². The van der Waals surface area contributed by atoms with Gasteiger partial charge >= 0.3 is 0 Å². The molecule has 0 aliphatic carbocycles. The predicted octanol–water partition coefficient (Wildman–Crippen LogP) is 7.08. The van der Waals surface area contributed by atoms with Crippen LogP contribution >= 0.6 is 50.9 Å². The maximum absolute atomic E-state index is 13.5. The van der Waals surface area contributed by atoms with Crippen LogP contribution in [0.2, 0.25) is 10.0 Å². The zero-order chi connectivity index (χ0) is 22.8. The van der Waals surface area contributed by atoms with Gasteiger partial charge in [-0.2, -0.15) is 9.63 Å². The van der Waals surface area contributed by atoms with Crippen LogP contribution in [0.3, 0.4) is 0 Å². The Morgan fingerprint density at radius 2 is 1.81 bits per heavy atom. The molecule has 0 aromatic heterocycles. The van der Waals surface area contributed by atoms with Crippen molar-refractivity contribution >= 4 is 68.2 Å². The molecule has 2 atom stereocenters. The molecular formula is C23H24BrCl3N4O. The van der Waals surface area contributed by atoms with Crippen LogP contribution in [0.1, 0.15) is 44.2 Å². The number of nitrogens with zero attached hydrogens (tertiary/aromatic N) is 4. The maximum Gasteiger partial charge on any atom is 0.299 e. The molecule has 0 radical (unpaired) electrons. The Labute approximate surface area is 212 Å². The molecule has 2 aliphatic heterocycles. The number of halogens is 4. The molecule has 2 heterocycles. The second-order valence-corrected chi connectivity index (χ2v) is 10.1. The average molecular weight is 559 g/mol. The first-order chi connectivity index (χ1) is 15.4. The highest BCUT2D eigenvalue weighted by Gasteiger charge is 2.43. The first-order valence-electron chi connectivity index (χ1n) is 10.7. The Kier molecular flexibility index (Phi) is 7.68. The van der Waals surface area contributed by atoms with Gasteiger partial charge in [0.25, 0.3) is 5.91 Å². The zero-order valence-corrected chi connectivity index (χ0v) is 21.5. The summed E-state index contributed by atoms with van der Waals surface area (Å²) in [6.07, 6.45) is 3.92. The second-order valence-electron chi connectivity index (χ2n) is 8.02. The second kappa shape index (κ2) is 10.3. The lowest BCUT2D eigenvalue weighted by molar-refractivity contribution is -0.131. The standard InChI is InChI=1S/C23H24BrCl3N4O/c1-2-18-21(23(32)31(27)29-12-4-3-5-13-29)28-30(20-11-10-17(25)14-19(20)26)22(18)15-6-8-16(24)9-7-15/h6-11,14,18,22H,2-5,12-13H2,1H3/t18-,22-/m1/s1. The lowest BCUT2D eigenvalue weighted by Crippen LogP contribution is -2.46. The number of benzene rings is 2. The van der Waals surface area contributed by atoms with E-state index in [9.17, 15) is 4.79 Å². The fraction of sp³-hybridized carbons (Fsp3) is 0.391. The summed E-state index contributed by atoms with van der Waals surface area (Å²) in [5.74, 6) is -0.434. The number of hydrogen-bond acceptors (Lipinski definition) is 4. The molecule has 2 aromatic rings. The third-order valence-electron chi connectivity index (χ3n) is 5.99. The van der Waals surface area contributed by atoms with E-state index in [2.05, 4.69) is 22.9 Å². The lowest BCUT2D eigenvalue weighted by atomic mass is 9.87. The smallest absolute Gasteiger partial charge is 0.265 e. The van der Waals surface area contributed by atoms with Crippen molar-refractivity contribution in [2.45, 2.75) is 38.6 Å². The van der Waals surface area contributed by atoms with E-state index in [1.165, 1.54) is 4.53 Å². The number of carbonyl (C=O) groups is 1. The molecule has 0 bridgehead atoms. The van der Waals surface area contributed by atoms with Crippen molar-refractivity contribution < 1.29 is 4.79 Å². The number of rotatable bonds is 5. The first-order valence-corrected chi connectivity index (χ1v) is 12.6. The van der Waals surface area contributed by atoms with Crippen molar-refractivity contribution in [2.75, 3.05) is 18.1 Å². The van der Waals surface area contributed by atoms with Crippen molar-refractivity contribution in [1.82, 2.24) is 9.54 Å². The van der Waals surface area contributed by atoms with Crippen molar-refractivity contribution in [3.05, 3.63) is 62.5 Å². The number of hydrazine groups is 1. The third-order valence-corrected chi connectivity index (χ3v) is 7.42. The number of carbonyl (C=O) groups excluding carboxylic acids is 1. The highest BCUT2D eigenvalue weighted by atomic mass is 79.9. The maximum atomic E-state index is 13.5. The van der Waals surface area contributed by atoms with E-state index < -0.39 is 0 Å². The van der Waals surface area contributed by atoms with Crippen LogP contribution in [0, 0.1) is 5.92 Å². The summed E-state index contributed by atoms with van der Waals surface area (Å²) in [4.78, 5) is 13.5. The van der Waals surface area contributed by atoms with Crippen LogP contribution in [0.5, 0.6) is 0 Å². The summed E-state index contributed by atoms with van der Waals surface area (Å²) in [6, 6.07) is 13.2. The van der Waals surface area contributed by atoms with Crippen LogP contribution in [0.4, 0.5) is 5.69 Å². The molecule has 170 valence electrons. The van der Waals surface area contributed by atoms with E-state index in [0.717, 1.165) is 48.8 Å².